The maximum absolute atomic E-state index is 14.5. The van der Waals surface area contributed by atoms with E-state index in [-0.39, 0.29) is 12.2 Å². The maximum atomic E-state index is 14.5. The number of nitrogens with two attached hydrogens (primary N) is 1. The second kappa shape index (κ2) is 5.53. The van der Waals surface area contributed by atoms with E-state index in [1.165, 1.54) is 12.1 Å². The third-order valence-electron chi connectivity index (χ3n) is 5.31. The summed E-state index contributed by atoms with van der Waals surface area (Å²) in [5.74, 6) is -5.71. The lowest BCUT2D eigenvalue weighted by Gasteiger charge is -2.24. The van der Waals surface area contributed by atoms with Crippen LogP contribution in [0.5, 0.6) is 0 Å². The summed E-state index contributed by atoms with van der Waals surface area (Å²) < 4.78 is 47.4. The number of hydrogen-bond acceptors (Lipinski definition) is 6. The molecule has 1 aromatic carbocycles. The Balaban J connectivity index is 1.68. The summed E-state index contributed by atoms with van der Waals surface area (Å²) in [6, 6.07) is 5.81. The fourth-order valence-corrected chi connectivity index (χ4v) is 3.98. The molecule has 0 amide bonds. The van der Waals surface area contributed by atoms with Crippen molar-refractivity contribution in [2.75, 3.05) is 5.73 Å². The Morgan fingerprint density at radius 1 is 1.27 bits per heavy atom. The molecular weight excluding hydrogens is 353 g/mol. The number of benzene rings is 1. The van der Waals surface area contributed by atoms with Crippen LogP contribution in [-0.2, 0) is 11.2 Å². The first kappa shape index (κ1) is 17.5. The molecule has 0 bridgehead atoms. The van der Waals surface area contributed by atoms with Crippen molar-refractivity contribution >= 4 is 16.7 Å². The molecule has 9 heteroatoms. The number of nitrogen functional groups attached to an aromatic ring is 1. The number of aliphatic hydroxyl groups is 3. The van der Waals surface area contributed by atoms with E-state index < -0.39 is 48.2 Å². The zero-order chi connectivity index (χ0) is 18.9. The minimum Gasteiger partial charge on any atom is -0.385 e. The lowest BCUT2D eigenvalue weighted by Crippen LogP contribution is -2.46. The molecule has 2 fully saturated rings. The molecule has 140 valence electrons. The first-order chi connectivity index (χ1) is 12.1. The van der Waals surface area contributed by atoms with E-state index in [9.17, 15) is 28.5 Å². The summed E-state index contributed by atoms with van der Waals surface area (Å²) in [6.45, 7) is 0. The number of aliphatic hydroxyl groups excluding tert-OH is 2. The topological polar surface area (TPSA) is 109 Å². The molecule has 0 radical (unpaired) electrons. The van der Waals surface area contributed by atoms with Gasteiger partial charge in [-0.1, -0.05) is 12.1 Å². The third-order valence-corrected chi connectivity index (χ3v) is 5.31. The molecule has 2 heterocycles. The molecule has 26 heavy (non-hydrogen) atoms. The molecule has 0 spiro atoms. The minimum absolute atomic E-state index is 0.186. The average molecular weight is 370 g/mol. The van der Waals surface area contributed by atoms with Crippen LogP contribution in [0.2, 0.25) is 0 Å². The van der Waals surface area contributed by atoms with Crippen molar-refractivity contribution in [2.45, 2.75) is 42.9 Å². The van der Waals surface area contributed by atoms with Gasteiger partial charge >= 0.3 is 0 Å². The highest BCUT2D eigenvalue weighted by atomic mass is 19.3. The summed E-state index contributed by atoms with van der Waals surface area (Å²) in [4.78, 5) is 3.91. The number of anilines is 1. The number of hydrogen-bond donors (Lipinski definition) is 4. The van der Waals surface area contributed by atoms with Gasteiger partial charge in [-0.3, -0.25) is 0 Å². The Morgan fingerprint density at radius 2 is 2.00 bits per heavy atom. The van der Waals surface area contributed by atoms with Gasteiger partial charge in [0.2, 0.25) is 0 Å². The van der Waals surface area contributed by atoms with Crippen LogP contribution in [0.15, 0.2) is 24.3 Å². The summed E-state index contributed by atoms with van der Waals surface area (Å²) >= 11 is 0. The highest BCUT2D eigenvalue weighted by Crippen LogP contribution is 2.54. The van der Waals surface area contributed by atoms with Crippen LogP contribution in [-0.4, -0.2) is 50.3 Å². The Hall–Kier alpha value is -1.94. The second-order valence-electron chi connectivity index (χ2n) is 7.01. The van der Waals surface area contributed by atoms with Gasteiger partial charge in [-0.25, -0.2) is 18.2 Å². The van der Waals surface area contributed by atoms with Gasteiger partial charge < -0.3 is 25.8 Å². The quantitative estimate of drug-likeness (QED) is 0.627. The molecule has 6 nitrogen and oxygen atoms in total. The second-order valence-corrected chi connectivity index (χ2v) is 7.01. The van der Waals surface area contributed by atoms with Gasteiger partial charge in [0.25, 0.3) is 5.92 Å². The predicted octanol–water partition coefficient (Wildman–Crippen LogP) is 0.963. The summed E-state index contributed by atoms with van der Waals surface area (Å²) in [7, 11) is 0. The fraction of sp³-hybridized carbons (Fsp3) is 0.471. The molecule has 5 N–H and O–H groups in total. The van der Waals surface area contributed by atoms with E-state index in [1.807, 2.05) is 0 Å². The standard InChI is InChI=1S/C17H17F3N2O4/c18-10-5-8-2-1-7(4-11(8)22-14(10)21)3-9-13-16(25,6-17(9,19)20)12(23)15(24)26-13/h1-2,4-5,9,12-13,15,23-25H,3,6H2,(H2,21,22)/t9-,12-,13+,15?,16-/m0/s1. The summed E-state index contributed by atoms with van der Waals surface area (Å²) in [6.07, 6.45) is -6.12. The van der Waals surface area contributed by atoms with Crippen molar-refractivity contribution < 1.29 is 33.2 Å². The van der Waals surface area contributed by atoms with Gasteiger partial charge in [0.15, 0.2) is 17.9 Å². The van der Waals surface area contributed by atoms with Crippen LogP contribution < -0.4 is 5.73 Å². The number of aromatic nitrogens is 1. The van der Waals surface area contributed by atoms with Crippen LogP contribution in [0.1, 0.15) is 12.0 Å². The first-order valence-electron chi connectivity index (χ1n) is 8.08. The summed E-state index contributed by atoms with van der Waals surface area (Å²) in [5.41, 5.74) is 4.05. The molecule has 1 aromatic heterocycles. The Bertz CT molecular complexity index is 880. The molecule has 1 aliphatic heterocycles. The van der Waals surface area contributed by atoms with E-state index in [0.29, 0.717) is 16.5 Å². The van der Waals surface area contributed by atoms with Crippen LogP contribution in [0.3, 0.4) is 0 Å². The Labute approximate surface area is 146 Å². The van der Waals surface area contributed by atoms with Crippen molar-refractivity contribution in [1.82, 2.24) is 4.98 Å². The van der Waals surface area contributed by atoms with Gasteiger partial charge in [0.1, 0.15) is 17.8 Å². The monoisotopic (exact) mass is 370 g/mol. The zero-order valence-electron chi connectivity index (χ0n) is 13.4. The molecule has 2 aliphatic rings. The molecule has 1 aliphatic carbocycles. The van der Waals surface area contributed by atoms with Crippen LogP contribution in [0, 0.1) is 11.7 Å². The first-order valence-corrected chi connectivity index (χ1v) is 8.08. The maximum Gasteiger partial charge on any atom is 0.256 e. The number of ether oxygens (including phenoxy) is 1. The normalized spacial score (nSPS) is 35.8. The summed E-state index contributed by atoms with van der Waals surface area (Å²) in [5, 5.41) is 30.3. The highest BCUT2D eigenvalue weighted by molar-refractivity contribution is 5.80. The molecule has 4 rings (SSSR count). The molecule has 2 aromatic rings. The van der Waals surface area contributed by atoms with E-state index in [1.54, 1.807) is 12.1 Å². The average Bonchev–Trinajstić information content (AvgIpc) is 2.88. The fourth-order valence-electron chi connectivity index (χ4n) is 3.98. The number of alkyl halides is 2. The molecule has 1 unspecified atom stereocenters. The van der Waals surface area contributed by atoms with Gasteiger partial charge in [0.05, 0.1) is 11.4 Å². The van der Waals surface area contributed by atoms with Gasteiger partial charge in [-0.05, 0) is 24.1 Å². The number of halogens is 3. The van der Waals surface area contributed by atoms with E-state index >= 15 is 0 Å². The lowest BCUT2D eigenvalue weighted by atomic mass is 9.89. The Morgan fingerprint density at radius 3 is 2.73 bits per heavy atom. The SMILES string of the molecule is Nc1nc2cc(C[C@H]3[C@H]4OC(O)[C@H](O)[C@@]4(O)CC3(F)F)ccc2cc1F. The van der Waals surface area contributed by atoms with Crippen LogP contribution >= 0.6 is 0 Å². The Kier molecular flexibility index (Phi) is 3.71. The van der Waals surface area contributed by atoms with E-state index in [2.05, 4.69) is 4.98 Å². The van der Waals surface area contributed by atoms with Gasteiger partial charge in [-0.2, -0.15) is 0 Å². The van der Waals surface area contributed by atoms with Crippen molar-refractivity contribution in [3.05, 3.63) is 35.6 Å². The van der Waals surface area contributed by atoms with Crippen molar-refractivity contribution in [3.63, 3.8) is 0 Å². The number of nitrogens with zero attached hydrogens (tertiary/aromatic N) is 1. The van der Waals surface area contributed by atoms with Gasteiger partial charge in [-0.15, -0.1) is 0 Å². The molecule has 1 saturated carbocycles. The third kappa shape index (κ3) is 2.46. The smallest absolute Gasteiger partial charge is 0.256 e. The van der Waals surface area contributed by atoms with Crippen molar-refractivity contribution in [3.8, 4) is 0 Å². The number of pyridine rings is 1. The van der Waals surface area contributed by atoms with Crippen LogP contribution in [0.25, 0.3) is 10.9 Å². The highest BCUT2D eigenvalue weighted by Gasteiger charge is 2.70. The van der Waals surface area contributed by atoms with E-state index in [0.717, 1.165) is 0 Å². The molecule has 1 saturated heterocycles. The van der Waals surface area contributed by atoms with Crippen molar-refractivity contribution in [2.24, 2.45) is 5.92 Å². The molecule has 5 atom stereocenters. The minimum atomic E-state index is -3.30. The largest absolute Gasteiger partial charge is 0.385 e. The number of rotatable bonds is 2. The van der Waals surface area contributed by atoms with Gasteiger partial charge in [0, 0.05) is 11.8 Å². The van der Waals surface area contributed by atoms with Crippen molar-refractivity contribution in [1.29, 1.82) is 0 Å². The van der Waals surface area contributed by atoms with Crippen LogP contribution in [0.4, 0.5) is 19.0 Å². The lowest BCUT2D eigenvalue weighted by molar-refractivity contribution is -0.165. The molecular formula is C17H17F3N2O4. The predicted molar refractivity (Wildman–Crippen MR) is 84.7 cm³/mol. The zero-order valence-corrected chi connectivity index (χ0v) is 13.4. The number of fused-ring (bicyclic) bond motifs is 2. The van der Waals surface area contributed by atoms with E-state index in [4.69, 9.17) is 10.5 Å².